The van der Waals surface area contributed by atoms with Crippen molar-refractivity contribution in [3.63, 3.8) is 0 Å². The Kier molecular flexibility index (Phi) is 9.34. The number of carbonyl (C=O) groups excluding carboxylic acids is 1. The van der Waals surface area contributed by atoms with Crippen LogP contribution >= 0.6 is 23.4 Å². The Morgan fingerprint density at radius 2 is 2.00 bits per heavy atom. The van der Waals surface area contributed by atoms with Crippen LogP contribution in [0.1, 0.15) is 31.2 Å². The van der Waals surface area contributed by atoms with Crippen molar-refractivity contribution >= 4 is 35.2 Å². The van der Waals surface area contributed by atoms with Crippen LogP contribution < -0.4 is 10.6 Å². The summed E-state index contributed by atoms with van der Waals surface area (Å²) >= 11 is 7.63. The topological polar surface area (TPSA) is 82.8 Å². The molecule has 2 N–H and O–H groups in total. The second kappa shape index (κ2) is 11.7. The van der Waals surface area contributed by atoms with E-state index in [0.29, 0.717) is 25.0 Å². The van der Waals surface area contributed by atoms with Gasteiger partial charge in [0.1, 0.15) is 6.54 Å². The summed E-state index contributed by atoms with van der Waals surface area (Å²) in [7, 11) is 3.42. The molecule has 0 aliphatic rings. The third-order valence-electron chi connectivity index (χ3n) is 3.95. The number of aromatic nitrogens is 1. The van der Waals surface area contributed by atoms with Crippen LogP contribution in [0, 0.1) is 0 Å². The minimum absolute atomic E-state index is 0.0663. The molecule has 1 heterocycles. The first-order valence-electron chi connectivity index (χ1n) is 9.41. The van der Waals surface area contributed by atoms with E-state index in [1.54, 1.807) is 25.9 Å². The van der Waals surface area contributed by atoms with E-state index in [1.807, 2.05) is 30.3 Å². The zero-order chi connectivity index (χ0) is 21.2. The molecule has 9 heteroatoms. The summed E-state index contributed by atoms with van der Waals surface area (Å²) in [5, 5.41) is 11.2. The molecule has 2 rings (SSSR count). The summed E-state index contributed by atoms with van der Waals surface area (Å²) in [5.41, 5.74) is 0.912. The molecule has 0 saturated heterocycles. The first-order valence-corrected chi connectivity index (χ1v) is 10.8. The van der Waals surface area contributed by atoms with Gasteiger partial charge in [-0.05, 0) is 30.2 Å². The molecular weight excluding hydrogens is 410 g/mol. The van der Waals surface area contributed by atoms with Gasteiger partial charge in [0.25, 0.3) is 0 Å². The lowest BCUT2D eigenvalue weighted by Gasteiger charge is -2.13. The van der Waals surface area contributed by atoms with Crippen molar-refractivity contribution in [2.24, 2.45) is 4.99 Å². The molecule has 1 amide bonds. The Hall–Kier alpha value is -2.19. The number of guanidine groups is 1. The lowest BCUT2D eigenvalue weighted by Crippen LogP contribution is -2.39. The highest BCUT2D eigenvalue weighted by Crippen LogP contribution is 2.19. The van der Waals surface area contributed by atoms with E-state index in [0.717, 1.165) is 27.1 Å². The van der Waals surface area contributed by atoms with Crippen LogP contribution in [0.5, 0.6) is 0 Å². The minimum Gasteiger partial charge on any atom is -0.359 e. The van der Waals surface area contributed by atoms with Crippen molar-refractivity contribution in [2.75, 3.05) is 32.9 Å². The highest BCUT2D eigenvalue weighted by atomic mass is 35.5. The maximum Gasteiger partial charge on any atom is 0.243 e. The quantitative estimate of drug-likeness (QED) is 0.271. The van der Waals surface area contributed by atoms with E-state index < -0.39 is 0 Å². The van der Waals surface area contributed by atoms with Gasteiger partial charge in [-0.3, -0.25) is 4.79 Å². The third-order valence-corrected chi connectivity index (χ3v) is 5.21. The average molecular weight is 438 g/mol. The van der Waals surface area contributed by atoms with Crippen molar-refractivity contribution in [1.29, 1.82) is 0 Å². The highest BCUT2D eigenvalue weighted by molar-refractivity contribution is 7.99. The van der Waals surface area contributed by atoms with E-state index >= 15 is 0 Å². The second-order valence-electron chi connectivity index (χ2n) is 6.91. The van der Waals surface area contributed by atoms with Crippen LogP contribution in [0.4, 0.5) is 0 Å². The molecule has 7 nitrogen and oxygen atoms in total. The number of carbonyl (C=O) groups is 1. The first-order chi connectivity index (χ1) is 13.8. The summed E-state index contributed by atoms with van der Waals surface area (Å²) in [6, 6.07) is 9.66. The number of likely N-dealkylation sites (N-methyl/N-ethyl adjacent to an activating group) is 1. The normalized spacial score (nSPS) is 11.6. The van der Waals surface area contributed by atoms with E-state index in [4.69, 9.17) is 16.1 Å². The molecule has 0 unspecified atom stereocenters. The van der Waals surface area contributed by atoms with Gasteiger partial charge in [-0.2, -0.15) is 0 Å². The Morgan fingerprint density at radius 3 is 2.62 bits per heavy atom. The third kappa shape index (κ3) is 8.37. The Balaban J connectivity index is 1.88. The van der Waals surface area contributed by atoms with E-state index in [9.17, 15) is 4.79 Å². The van der Waals surface area contributed by atoms with Gasteiger partial charge in [0, 0.05) is 42.4 Å². The zero-order valence-electron chi connectivity index (χ0n) is 17.2. The minimum atomic E-state index is -0.0663. The summed E-state index contributed by atoms with van der Waals surface area (Å²) in [6.07, 6.45) is 0. The lowest BCUT2D eigenvalue weighted by atomic mass is 10.1. The first kappa shape index (κ1) is 23.1. The van der Waals surface area contributed by atoms with Gasteiger partial charge < -0.3 is 20.1 Å². The smallest absolute Gasteiger partial charge is 0.243 e. The summed E-state index contributed by atoms with van der Waals surface area (Å²) in [4.78, 5) is 18.9. The Labute approximate surface area is 181 Å². The van der Waals surface area contributed by atoms with Crippen LogP contribution in [0.3, 0.4) is 0 Å². The largest absolute Gasteiger partial charge is 0.359 e. The number of halogens is 1. The number of hydrogen-bond donors (Lipinski definition) is 2. The molecule has 1 aromatic heterocycles. The Bertz CT molecular complexity index is 805. The summed E-state index contributed by atoms with van der Waals surface area (Å²) in [6.45, 7) is 5.32. The summed E-state index contributed by atoms with van der Waals surface area (Å²) in [5.74, 6) is 2.35. The van der Waals surface area contributed by atoms with Gasteiger partial charge in [0.15, 0.2) is 11.7 Å². The molecular formula is C20H28ClN5O2S. The molecule has 0 spiro atoms. The fourth-order valence-electron chi connectivity index (χ4n) is 2.19. The number of nitrogens with zero attached hydrogens (tertiary/aromatic N) is 3. The van der Waals surface area contributed by atoms with Crippen LogP contribution in [-0.4, -0.2) is 54.9 Å². The van der Waals surface area contributed by atoms with Crippen LogP contribution in [0.15, 0.2) is 44.7 Å². The fourth-order valence-corrected chi connectivity index (χ4v) is 3.08. The molecule has 0 aliphatic carbocycles. The van der Waals surface area contributed by atoms with Crippen molar-refractivity contribution in [3.8, 4) is 0 Å². The molecule has 29 heavy (non-hydrogen) atoms. The van der Waals surface area contributed by atoms with Gasteiger partial charge >= 0.3 is 0 Å². The SMILES string of the molecule is CC(C)c1cc(CNC(=NCC(=O)N(C)C)NCCSc2ccc(Cl)cc2)on1. The molecule has 0 fully saturated rings. The average Bonchev–Trinajstić information content (AvgIpc) is 3.17. The molecule has 0 saturated carbocycles. The van der Waals surface area contributed by atoms with E-state index in [2.05, 4.69) is 34.6 Å². The predicted molar refractivity (Wildman–Crippen MR) is 119 cm³/mol. The molecule has 0 radical (unpaired) electrons. The van der Waals surface area contributed by atoms with Gasteiger partial charge in [0.05, 0.1) is 12.2 Å². The van der Waals surface area contributed by atoms with E-state index in [-0.39, 0.29) is 12.5 Å². The van der Waals surface area contributed by atoms with Gasteiger partial charge in [-0.1, -0.05) is 30.6 Å². The van der Waals surface area contributed by atoms with Gasteiger partial charge in [0.2, 0.25) is 5.91 Å². The van der Waals surface area contributed by atoms with Crippen LogP contribution in [0.2, 0.25) is 5.02 Å². The molecule has 2 aromatic rings. The maximum atomic E-state index is 11.9. The van der Waals surface area contributed by atoms with E-state index in [1.165, 1.54) is 4.90 Å². The number of thioether (sulfide) groups is 1. The highest BCUT2D eigenvalue weighted by Gasteiger charge is 2.09. The van der Waals surface area contributed by atoms with Crippen molar-refractivity contribution in [1.82, 2.24) is 20.7 Å². The number of benzene rings is 1. The number of nitrogens with one attached hydrogen (secondary N) is 2. The second-order valence-corrected chi connectivity index (χ2v) is 8.51. The molecule has 1 aromatic carbocycles. The summed E-state index contributed by atoms with van der Waals surface area (Å²) < 4.78 is 5.35. The fraction of sp³-hybridized carbons (Fsp3) is 0.450. The molecule has 0 bridgehead atoms. The van der Waals surface area contributed by atoms with Crippen LogP contribution in [-0.2, 0) is 11.3 Å². The number of amides is 1. The lowest BCUT2D eigenvalue weighted by molar-refractivity contribution is -0.127. The maximum absolute atomic E-state index is 11.9. The Morgan fingerprint density at radius 1 is 1.28 bits per heavy atom. The van der Waals surface area contributed by atoms with Gasteiger partial charge in [-0.15, -0.1) is 11.8 Å². The van der Waals surface area contributed by atoms with Crippen molar-refractivity contribution in [3.05, 3.63) is 46.8 Å². The van der Waals surface area contributed by atoms with Crippen molar-refractivity contribution < 1.29 is 9.32 Å². The van der Waals surface area contributed by atoms with Gasteiger partial charge in [-0.25, -0.2) is 4.99 Å². The monoisotopic (exact) mass is 437 g/mol. The van der Waals surface area contributed by atoms with Crippen LogP contribution in [0.25, 0.3) is 0 Å². The van der Waals surface area contributed by atoms with Crippen molar-refractivity contribution in [2.45, 2.75) is 31.2 Å². The zero-order valence-corrected chi connectivity index (χ0v) is 18.8. The molecule has 158 valence electrons. The number of hydrogen-bond acceptors (Lipinski definition) is 5. The molecule has 0 aliphatic heterocycles. The number of aliphatic imine (C=N–C) groups is 1. The predicted octanol–water partition coefficient (Wildman–Crippen LogP) is 3.37. The molecule has 0 atom stereocenters. The number of rotatable bonds is 9. The standard InChI is InChI=1S/C20H28ClN5O2S/c1-14(2)18-11-16(28-25-18)12-23-20(24-13-19(27)26(3)4)22-9-10-29-17-7-5-15(21)6-8-17/h5-8,11,14H,9-10,12-13H2,1-4H3,(H2,22,23,24).